The van der Waals surface area contributed by atoms with Crippen molar-refractivity contribution in [2.24, 2.45) is 5.92 Å². The molecule has 0 amide bonds. The Hall–Kier alpha value is -2.02. The molecule has 6 nitrogen and oxygen atoms in total. The fraction of sp³-hybridized carbons (Fsp3) is 0.500. The second kappa shape index (κ2) is 5.88. The summed E-state index contributed by atoms with van der Waals surface area (Å²) in [5, 5.41) is 6.60. The molecule has 1 fully saturated rings. The molecular formula is C16H20N6S. The lowest BCUT2D eigenvalue weighted by Gasteiger charge is -2.33. The van der Waals surface area contributed by atoms with E-state index in [1.807, 2.05) is 18.5 Å². The van der Waals surface area contributed by atoms with Gasteiger partial charge in [-0.2, -0.15) is 5.10 Å². The first-order valence-corrected chi connectivity index (χ1v) is 8.90. The van der Waals surface area contributed by atoms with E-state index in [4.69, 9.17) is 0 Å². The number of hydrogen-bond donors (Lipinski definition) is 0. The quantitative estimate of drug-likeness (QED) is 0.740. The lowest BCUT2D eigenvalue weighted by Crippen LogP contribution is -2.38. The number of nitrogens with zero attached hydrogens (tertiary/aromatic N) is 6. The number of fused-ring (bicyclic) bond motifs is 1. The first-order chi connectivity index (χ1) is 11.2. The van der Waals surface area contributed by atoms with E-state index in [9.17, 15) is 0 Å². The molecule has 4 heterocycles. The number of aromatic nitrogens is 5. The zero-order chi connectivity index (χ0) is 15.8. The standard InChI is InChI=1S/C16H20N6S/c1-11-19-12(2)22(20-11)9-13-4-3-6-21(8-13)16-15-14(5-7-23-15)17-10-18-16/h5,7,10,13H,3-4,6,8-9H2,1-2H3/t13-/m0/s1. The molecule has 0 unspecified atom stereocenters. The second-order valence-corrected chi connectivity index (χ2v) is 7.09. The maximum atomic E-state index is 4.56. The fourth-order valence-corrected chi connectivity index (χ4v) is 4.25. The molecule has 0 bridgehead atoms. The number of anilines is 1. The van der Waals surface area contributed by atoms with Crippen LogP contribution in [0.15, 0.2) is 17.8 Å². The third-order valence-corrected chi connectivity index (χ3v) is 5.34. The van der Waals surface area contributed by atoms with Gasteiger partial charge in [-0.15, -0.1) is 11.3 Å². The van der Waals surface area contributed by atoms with Crippen molar-refractivity contribution < 1.29 is 0 Å². The van der Waals surface area contributed by atoms with Crippen molar-refractivity contribution in [2.45, 2.75) is 33.2 Å². The van der Waals surface area contributed by atoms with Crippen molar-refractivity contribution in [1.29, 1.82) is 0 Å². The minimum atomic E-state index is 0.577. The Labute approximate surface area is 139 Å². The molecule has 0 N–H and O–H groups in total. The van der Waals surface area contributed by atoms with E-state index in [2.05, 4.69) is 36.4 Å². The molecule has 7 heteroatoms. The summed E-state index contributed by atoms with van der Waals surface area (Å²) in [6.07, 6.45) is 4.10. The summed E-state index contributed by atoms with van der Waals surface area (Å²) in [6.45, 7) is 6.99. The minimum absolute atomic E-state index is 0.577. The summed E-state index contributed by atoms with van der Waals surface area (Å²) < 4.78 is 3.24. The van der Waals surface area contributed by atoms with Crippen molar-refractivity contribution in [3.63, 3.8) is 0 Å². The molecule has 0 saturated carbocycles. The molecule has 0 spiro atoms. The molecule has 3 aromatic heterocycles. The summed E-state index contributed by atoms with van der Waals surface area (Å²) in [7, 11) is 0. The normalized spacial score (nSPS) is 18.7. The summed E-state index contributed by atoms with van der Waals surface area (Å²) in [6, 6.07) is 2.06. The van der Waals surface area contributed by atoms with Gasteiger partial charge in [0.25, 0.3) is 0 Å². The van der Waals surface area contributed by atoms with Crippen molar-refractivity contribution >= 4 is 27.4 Å². The van der Waals surface area contributed by atoms with Crippen LogP contribution in [0.1, 0.15) is 24.5 Å². The Kier molecular flexibility index (Phi) is 3.72. The number of piperidine rings is 1. The van der Waals surface area contributed by atoms with Gasteiger partial charge in [-0.3, -0.25) is 0 Å². The highest BCUT2D eigenvalue weighted by Gasteiger charge is 2.24. The fourth-order valence-electron chi connectivity index (χ4n) is 3.39. The highest BCUT2D eigenvalue weighted by Crippen LogP contribution is 2.31. The molecule has 0 aliphatic carbocycles. The average molecular weight is 328 g/mol. The minimum Gasteiger partial charge on any atom is -0.355 e. The summed E-state index contributed by atoms with van der Waals surface area (Å²) >= 11 is 1.72. The molecular weight excluding hydrogens is 308 g/mol. The predicted molar refractivity (Wildman–Crippen MR) is 91.8 cm³/mol. The van der Waals surface area contributed by atoms with Crippen molar-refractivity contribution in [2.75, 3.05) is 18.0 Å². The number of thiophene rings is 1. The average Bonchev–Trinajstić information content (AvgIpc) is 3.14. The third-order valence-electron chi connectivity index (χ3n) is 4.44. The summed E-state index contributed by atoms with van der Waals surface area (Å²) in [5.74, 6) is 3.52. The van der Waals surface area contributed by atoms with Crippen LogP contribution in [-0.2, 0) is 6.54 Å². The third kappa shape index (κ3) is 2.81. The van der Waals surface area contributed by atoms with Crippen molar-refractivity contribution in [3.05, 3.63) is 29.4 Å². The van der Waals surface area contributed by atoms with E-state index < -0.39 is 0 Å². The maximum absolute atomic E-state index is 4.56. The SMILES string of the molecule is Cc1nc(C)n(C[C@H]2CCCN(c3ncnc4ccsc34)C2)n1. The van der Waals surface area contributed by atoms with E-state index in [0.29, 0.717) is 5.92 Å². The largest absolute Gasteiger partial charge is 0.355 e. The van der Waals surface area contributed by atoms with Gasteiger partial charge in [-0.05, 0) is 44.1 Å². The van der Waals surface area contributed by atoms with Gasteiger partial charge < -0.3 is 4.90 Å². The van der Waals surface area contributed by atoms with Gasteiger partial charge in [-0.1, -0.05) is 0 Å². The Morgan fingerprint density at radius 1 is 1.30 bits per heavy atom. The Morgan fingerprint density at radius 2 is 2.22 bits per heavy atom. The number of hydrogen-bond acceptors (Lipinski definition) is 6. The van der Waals surface area contributed by atoms with Crippen LogP contribution in [-0.4, -0.2) is 37.8 Å². The van der Waals surface area contributed by atoms with Crippen LogP contribution in [0.2, 0.25) is 0 Å². The molecule has 4 rings (SSSR count). The molecule has 120 valence electrons. The first-order valence-electron chi connectivity index (χ1n) is 8.02. The smallest absolute Gasteiger partial charge is 0.150 e. The predicted octanol–water partition coefficient (Wildman–Crippen LogP) is 2.82. The Morgan fingerprint density at radius 3 is 3.04 bits per heavy atom. The van der Waals surface area contributed by atoms with Crippen molar-refractivity contribution in [1.82, 2.24) is 24.7 Å². The summed E-state index contributed by atoms with van der Waals surface area (Å²) in [4.78, 5) is 15.7. The molecule has 0 radical (unpaired) electrons. The monoisotopic (exact) mass is 328 g/mol. The first kappa shape index (κ1) is 14.6. The van der Waals surface area contributed by atoms with Crippen LogP contribution in [0, 0.1) is 19.8 Å². The lowest BCUT2D eigenvalue weighted by atomic mass is 9.98. The van der Waals surface area contributed by atoms with Crippen LogP contribution in [0.4, 0.5) is 5.82 Å². The van der Waals surface area contributed by atoms with Gasteiger partial charge in [0, 0.05) is 19.6 Å². The molecule has 23 heavy (non-hydrogen) atoms. The van der Waals surface area contributed by atoms with Crippen LogP contribution in [0.25, 0.3) is 10.2 Å². The Bertz CT molecular complexity index is 823. The van der Waals surface area contributed by atoms with Crippen LogP contribution >= 0.6 is 11.3 Å². The van der Waals surface area contributed by atoms with Gasteiger partial charge in [-0.25, -0.2) is 19.6 Å². The zero-order valence-corrected chi connectivity index (χ0v) is 14.3. The van der Waals surface area contributed by atoms with E-state index in [1.54, 1.807) is 17.7 Å². The topological polar surface area (TPSA) is 59.7 Å². The number of rotatable bonds is 3. The number of aryl methyl sites for hydroxylation is 2. The lowest BCUT2D eigenvalue weighted by molar-refractivity contribution is 0.347. The van der Waals surface area contributed by atoms with Gasteiger partial charge in [0.15, 0.2) is 0 Å². The van der Waals surface area contributed by atoms with E-state index in [-0.39, 0.29) is 0 Å². The van der Waals surface area contributed by atoms with E-state index in [1.165, 1.54) is 17.5 Å². The van der Waals surface area contributed by atoms with Gasteiger partial charge in [0.05, 0.1) is 10.2 Å². The molecule has 3 aromatic rings. The molecule has 1 saturated heterocycles. The highest BCUT2D eigenvalue weighted by molar-refractivity contribution is 7.17. The van der Waals surface area contributed by atoms with Crippen LogP contribution in [0.5, 0.6) is 0 Å². The van der Waals surface area contributed by atoms with E-state index >= 15 is 0 Å². The Balaban J connectivity index is 1.55. The summed E-state index contributed by atoms with van der Waals surface area (Å²) in [5.41, 5.74) is 1.05. The van der Waals surface area contributed by atoms with Gasteiger partial charge in [0.2, 0.25) is 0 Å². The van der Waals surface area contributed by atoms with Gasteiger partial charge >= 0.3 is 0 Å². The molecule has 0 aromatic carbocycles. The highest BCUT2D eigenvalue weighted by atomic mass is 32.1. The van der Waals surface area contributed by atoms with Crippen LogP contribution in [0.3, 0.4) is 0 Å². The molecule has 1 aliphatic heterocycles. The van der Waals surface area contributed by atoms with Crippen LogP contribution < -0.4 is 4.90 Å². The molecule has 1 atom stereocenters. The molecule has 1 aliphatic rings. The second-order valence-electron chi connectivity index (χ2n) is 6.17. The maximum Gasteiger partial charge on any atom is 0.150 e. The van der Waals surface area contributed by atoms with Crippen molar-refractivity contribution in [3.8, 4) is 0 Å². The van der Waals surface area contributed by atoms with E-state index in [0.717, 1.165) is 42.6 Å². The zero-order valence-electron chi connectivity index (χ0n) is 13.4. The van der Waals surface area contributed by atoms with Gasteiger partial charge in [0.1, 0.15) is 23.8 Å².